The molecule has 0 fully saturated rings. The molecule has 0 radical (unpaired) electrons. The average molecular weight is 286 g/mol. The number of carbonyl (C=O) groups is 1. The number of nitrogens with one attached hydrogen (secondary N) is 1. The lowest BCUT2D eigenvalue weighted by Crippen LogP contribution is -2.59. The van der Waals surface area contributed by atoms with Crippen LogP contribution in [0.15, 0.2) is 0 Å². The van der Waals surface area contributed by atoms with E-state index in [1.165, 1.54) is 32.8 Å². The van der Waals surface area contributed by atoms with Gasteiger partial charge in [0.1, 0.15) is 5.54 Å². The van der Waals surface area contributed by atoms with Gasteiger partial charge in [0.05, 0.1) is 7.11 Å². The Hall–Kier alpha value is -0.610. The number of carbonyl (C=O) groups excluding carboxylic acids is 1. The van der Waals surface area contributed by atoms with E-state index in [-0.39, 0.29) is 12.0 Å². The quantitative estimate of drug-likeness (QED) is 0.593. The van der Waals surface area contributed by atoms with Crippen LogP contribution in [0.25, 0.3) is 0 Å². The fourth-order valence-electron chi connectivity index (χ4n) is 2.51. The Morgan fingerprint density at radius 1 is 1.20 bits per heavy atom. The van der Waals surface area contributed by atoms with Crippen molar-refractivity contribution in [2.24, 2.45) is 0 Å². The maximum absolute atomic E-state index is 12.1. The second kappa shape index (κ2) is 10.2. The maximum atomic E-state index is 12.1. The summed E-state index contributed by atoms with van der Waals surface area (Å²) in [5, 5.41) is 3.37. The highest BCUT2D eigenvalue weighted by Crippen LogP contribution is 2.12. The number of methoxy groups -OCH3 is 1. The molecule has 0 aromatic carbocycles. The van der Waals surface area contributed by atoms with E-state index in [0.29, 0.717) is 6.54 Å². The topological polar surface area (TPSA) is 41.6 Å². The molecule has 0 saturated heterocycles. The summed E-state index contributed by atoms with van der Waals surface area (Å²) >= 11 is 0. The minimum atomic E-state index is -0.635. The SMILES string of the molecule is CCCCN(CCCC)CC(C)(NC(C)C)C(=O)OC. The van der Waals surface area contributed by atoms with Gasteiger partial charge < -0.3 is 9.64 Å². The van der Waals surface area contributed by atoms with Gasteiger partial charge in [-0.25, -0.2) is 0 Å². The summed E-state index contributed by atoms with van der Waals surface area (Å²) in [7, 11) is 1.46. The second-order valence-corrected chi connectivity index (χ2v) is 6.11. The van der Waals surface area contributed by atoms with E-state index < -0.39 is 5.54 Å². The highest BCUT2D eigenvalue weighted by molar-refractivity contribution is 5.80. The third-order valence-corrected chi connectivity index (χ3v) is 3.44. The number of unbranched alkanes of at least 4 members (excludes halogenated alkanes) is 2. The smallest absolute Gasteiger partial charge is 0.327 e. The molecule has 0 aliphatic carbocycles. The summed E-state index contributed by atoms with van der Waals surface area (Å²) in [5.41, 5.74) is -0.635. The Kier molecular flexibility index (Phi) is 9.86. The summed E-state index contributed by atoms with van der Waals surface area (Å²) in [5.74, 6) is -0.177. The zero-order valence-corrected chi connectivity index (χ0v) is 14.3. The molecule has 4 nitrogen and oxygen atoms in total. The predicted octanol–water partition coefficient (Wildman–Crippen LogP) is 2.82. The summed E-state index contributed by atoms with van der Waals surface area (Å²) in [6.45, 7) is 13.3. The lowest BCUT2D eigenvalue weighted by molar-refractivity contribution is -0.149. The van der Waals surface area contributed by atoms with E-state index >= 15 is 0 Å². The Labute approximate surface area is 125 Å². The number of ether oxygens (including phenoxy) is 1. The van der Waals surface area contributed by atoms with Crippen molar-refractivity contribution in [2.75, 3.05) is 26.7 Å². The van der Waals surface area contributed by atoms with Crippen molar-refractivity contribution < 1.29 is 9.53 Å². The van der Waals surface area contributed by atoms with Gasteiger partial charge in [0.2, 0.25) is 0 Å². The molecule has 120 valence electrons. The van der Waals surface area contributed by atoms with Gasteiger partial charge in [-0.2, -0.15) is 0 Å². The number of esters is 1. The third-order valence-electron chi connectivity index (χ3n) is 3.44. The Balaban J connectivity index is 4.80. The zero-order chi connectivity index (χ0) is 15.6. The molecular weight excluding hydrogens is 252 g/mol. The second-order valence-electron chi connectivity index (χ2n) is 6.11. The van der Waals surface area contributed by atoms with Crippen LogP contribution in [0.4, 0.5) is 0 Å². The fourth-order valence-corrected chi connectivity index (χ4v) is 2.51. The van der Waals surface area contributed by atoms with Crippen LogP contribution in [0.1, 0.15) is 60.3 Å². The van der Waals surface area contributed by atoms with E-state index in [4.69, 9.17) is 4.74 Å². The molecule has 0 heterocycles. The van der Waals surface area contributed by atoms with Crippen molar-refractivity contribution >= 4 is 5.97 Å². The first-order valence-electron chi connectivity index (χ1n) is 7.98. The molecule has 1 N–H and O–H groups in total. The van der Waals surface area contributed by atoms with E-state index in [1.54, 1.807) is 0 Å². The van der Waals surface area contributed by atoms with Gasteiger partial charge in [0.15, 0.2) is 0 Å². The first kappa shape index (κ1) is 19.4. The molecule has 0 bridgehead atoms. The van der Waals surface area contributed by atoms with Gasteiger partial charge in [0, 0.05) is 12.6 Å². The standard InChI is InChI=1S/C16H34N2O2/c1-7-9-11-18(12-10-8-2)13-16(5,15(19)20-6)17-14(3)4/h14,17H,7-13H2,1-6H3. The molecule has 0 aromatic rings. The average Bonchev–Trinajstić information content (AvgIpc) is 2.39. The Morgan fingerprint density at radius 2 is 1.70 bits per heavy atom. The van der Waals surface area contributed by atoms with Crippen LogP contribution in [0.3, 0.4) is 0 Å². The van der Waals surface area contributed by atoms with Gasteiger partial charge in [-0.05, 0) is 46.7 Å². The minimum absolute atomic E-state index is 0.177. The van der Waals surface area contributed by atoms with Crippen molar-refractivity contribution in [1.82, 2.24) is 10.2 Å². The Morgan fingerprint density at radius 3 is 2.05 bits per heavy atom. The van der Waals surface area contributed by atoms with Crippen molar-refractivity contribution in [3.8, 4) is 0 Å². The van der Waals surface area contributed by atoms with Crippen LogP contribution in [-0.2, 0) is 9.53 Å². The van der Waals surface area contributed by atoms with Crippen molar-refractivity contribution in [3.05, 3.63) is 0 Å². The van der Waals surface area contributed by atoms with Gasteiger partial charge in [0.25, 0.3) is 0 Å². The van der Waals surface area contributed by atoms with Gasteiger partial charge >= 0.3 is 5.97 Å². The molecule has 0 spiro atoms. The predicted molar refractivity (Wildman–Crippen MR) is 84.9 cm³/mol. The van der Waals surface area contributed by atoms with Crippen LogP contribution < -0.4 is 5.32 Å². The zero-order valence-electron chi connectivity index (χ0n) is 14.3. The molecule has 4 heteroatoms. The van der Waals surface area contributed by atoms with Crippen molar-refractivity contribution in [2.45, 2.75) is 71.9 Å². The summed E-state index contributed by atoms with van der Waals surface area (Å²) in [6, 6.07) is 0.248. The lowest BCUT2D eigenvalue weighted by atomic mass is 10.00. The first-order chi connectivity index (χ1) is 9.39. The molecule has 0 aliphatic heterocycles. The van der Waals surface area contributed by atoms with Crippen LogP contribution in [0, 0.1) is 0 Å². The van der Waals surface area contributed by atoms with E-state index in [0.717, 1.165) is 13.1 Å². The van der Waals surface area contributed by atoms with Crippen LogP contribution >= 0.6 is 0 Å². The summed E-state index contributed by atoms with van der Waals surface area (Å²) in [4.78, 5) is 14.5. The molecule has 1 unspecified atom stereocenters. The number of hydrogen-bond acceptors (Lipinski definition) is 4. The van der Waals surface area contributed by atoms with Gasteiger partial charge in [-0.15, -0.1) is 0 Å². The highest BCUT2D eigenvalue weighted by Gasteiger charge is 2.36. The summed E-state index contributed by atoms with van der Waals surface area (Å²) in [6.07, 6.45) is 4.69. The fraction of sp³-hybridized carbons (Fsp3) is 0.938. The lowest BCUT2D eigenvalue weighted by Gasteiger charge is -2.35. The van der Waals surface area contributed by atoms with Crippen LogP contribution in [0.5, 0.6) is 0 Å². The first-order valence-corrected chi connectivity index (χ1v) is 7.98. The van der Waals surface area contributed by atoms with Crippen LogP contribution in [0.2, 0.25) is 0 Å². The Bertz CT molecular complexity index is 261. The monoisotopic (exact) mass is 286 g/mol. The normalized spacial score (nSPS) is 14.6. The molecule has 20 heavy (non-hydrogen) atoms. The highest BCUT2D eigenvalue weighted by atomic mass is 16.5. The number of hydrogen-bond donors (Lipinski definition) is 1. The summed E-state index contributed by atoms with van der Waals surface area (Å²) < 4.78 is 5.00. The molecule has 0 saturated carbocycles. The molecule has 0 rings (SSSR count). The van der Waals surface area contributed by atoms with E-state index in [9.17, 15) is 4.79 Å². The minimum Gasteiger partial charge on any atom is -0.468 e. The molecule has 0 aromatic heterocycles. The third kappa shape index (κ3) is 7.25. The van der Waals surface area contributed by atoms with E-state index in [1.807, 2.05) is 6.92 Å². The van der Waals surface area contributed by atoms with Gasteiger partial charge in [-0.3, -0.25) is 10.1 Å². The van der Waals surface area contributed by atoms with Crippen LogP contribution in [-0.4, -0.2) is 49.2 Å². The molecule has 0 amide bonds. The van der Waals surface area contributed by atoms with Crippen molar-refractivity contribution in [3.63, 3.8) is 0 Å². The number of nitrogens with zero attached hydrogens (tertiary/aromatic N) is 1. The largest absolute Gasteiger partial charge is 0.468 e. The van der Waals surface area contributed by atoms with Gasteiger partial charge in [-0.1, -0.05) is 26.7 Å². The maximum Gasteiger partial charge on any atom is 0.327 e. The molecule has 0 aliphatic rings. The number of rotatable bonds is 11. The van der Waals surface area contributed by atoms with Crippen molar-refractivity contribution in [1.29, 1.82) is 0 Å². The molecule has 1 atom stereocenters. The molecular formula is C16H34N2O2. The van der Waals surface area contributed by atoms with E-state index in [2.05, 4.69) is 37.9 Å².